The highest BCUT2D eigenvalue weighted by molar-refractivity contribution is 5.44. The Morgan fingerprint density at radius 3 is 2.25 bits per heavy atom. The lowest BCUT2D eigenvalue weighted by atomic mass is 9.99. The van der Waals surface area contributed by atoms with Gasteiger partial charge in [-0.2, -0.15) is 0 Å². The van der Waals surface area contributed by atoms with Gasteiger partial charge in [-0.1, -0.05) is 18.2 Å². The molecule has 106 valence electrons. The second-order valence-corrected chi connectivity index (χ2v) is 4.55. The maximum absolute atomic E-state index is 12.9. The van der Waals surface area contributed by atoms with Crippen LogP contribution in [0.3, 0.4) is 0 Å². The molecule has 1 unspecified atom stereocenters. The third-order valence-electron chi connectivity index (χ3n) is 3.20. The van der Waals surface area contributed by atoms with E-state index in [0.717, 1.165) is 11.1 Å². The number of nitrogens with two attached hydrogens (primary N) is 1. The third-order valence-corrected chi connectivity index (χ3v) is 3.20. The standard InChI is InChI=1S/C16H18FNO2/c1-19-15-8-5-12(10-16(15)20-2)14(18)9-11-3-6-13(17)7-4-11/h3-8,10,14H,9,18H2,1-2H3. The van der Waals surface area contributed by atoms with Crippen LogP contribution in [-0.2, 0) is 6.42 Å². The highest BCUT2D eigenvalue weighted by atomic mass is 19.1. The van der Waals surface area contributed by atoms with Gasteiger partial charge in [0.15, 0.2) is 11.5 Å². The number of halogens is 1. The summed E-state index contributed by atoms with van der Waals surface area (Å²) in [5.41, 5.74) is 8.14. The van der Waals surface area contributed by atoms with Crippen molar-refractivity contribution < 1.29 is 13.9 Å². The molecule has 0 amide bonds. The van der Waals surface area contributed by atoms with Gasteiger partial charge in [-0.3, -0.25) is 0 Å². The minimum Gasteiger partial charge on any atom is -0.493 e. The molecule has 0 heterocycles. The minimum atomic E-state index is -0.242. The molecule has 2 aromatic carbocycles. The second-order valence-electron chi connectivity index (χ2n) is 4.55. The largest absolute Gasteiger partial charge is 0.493 e. The lowest BCUT2D eigenvalue weighted by Crippen LogP contribution is -2.13. The van der Waals surface area contributed by atoms with Gasteiger partial charge in [0, 0.05) is 6.04 Å². The Balaban J connectivity index is 2.16. The molecule has 0 aromatic heterocycles. The molecule has 0 bridgehead atoms. The van der Waals surface area contributed by atoms with Crippen molar-refractivity contribution in [3.05, 3.63) is 59.4 Å². The lowest BCUT2D eigenvalue weighted by molar-refractivity contribution is 0.354. The van der Waals surface area contributed by atoms with Gasteiger partial charge < -0.3 is 15.2 Å². The molecular formula is C16H18FNO2. The molecule has 2 aromatic rings. The summed E-state index contributed by atoms with van der Waals surface area (Å²) in [4.78, 5) is 0. The normalized spacial score (nSPS) is 12.0. The Bertz CT molecular complexity index is 569. The maximum atomic E-state index is 12.9. The van der Waals surface area contributed by atoms with Crippen molar-refractivity contribution in [1.82, 2.24) is 0 Å². The summed E-state index contributed by atoms with van der Waals surface area (Å²) in [6.45, 7) is 0. The molecule has 0 saturated heterocycles. The minimum absolute atomic E-state index is 0.180. The zero-order chi connectivity index (χ0) is 14.5. The van der Waals surface area contributed by atoms with Crippen molar-refractivity contribution in [2.24, 2.45) is 5.73 Å². The fraction of sp³-hybridized carbons (Fsp3) is 0.250. The summed E-state index contributed by atoms with van der Waals surface area (Å²) in [7, 11) is 3.18. The molecule has 0 aliphatic heterocycles. The van der Waals surface area contributed by atoms with E-state index in [9.17, 15) is 4.39 Å². The molecule has 0 saturated carbocycles. The van der Waals surface area contributed by atoms with Crippen molar-refractivity contribution in [2.45, 2.75) is 12.5 Å². The summed E-state index contributed by atoms with van der Waals surface area (Å²) in [5, 5.41) is 0. The molecule has 0 spiro atoms. The van der Waals surface area contributed by atoms with Crippen LogP contribution in [0.15, 0.2) is 42.5 Å². The smallest absolute Gasteiger partial charge is 0.161 e. The van der Waals surface area contributed by atoms with Gasteiger partial charge in [0.2, 0.25) is 0 Å². The topological polar surface area (TPSA) is 44.5 Å². The first kappa shape index (κ1) is 14.3. The molecule has 0 fully saturated rings. The van der Waals surface area contributed by atoms with E-state index in [2.05, 4.69) is 0 Å². The molecule has 3 nitrogen and oxygen atoms in total. The molecule has 20 heavy (non-hydrogen) atoms. The van der Waals surface area contributed by atoms with Gasteiger partial charge in [-0.15, -0.1) is 0 Å². The van der Waals surface area contributed by atoms with Crippen molar-refractivity contribution in [2.75, 3.05) is 14.2 Å². The average molecular weight is 275 g/mol. The molecule has 0 aliphatic rings. The van der Waals surface area contributed by atoms with Crippen molar-refractivity contribution in [3.8, 4) is 11.5 Å². The van der Waals surface area contributed by atoms with Crippen LogP contribution >= 0.6 is 0 Å². The second kappa shape index (κ2) is 6.39. The van der Waals surface area contributed by atoms with E-state index in [-0.39, 0.29) is 11.9 Å². The number of hydrogen-bond donors (Lipinski definition) is 1. The monoisotopic (exact) mass is 275 g/mol. The van der Waals surface area contributed by atoms with E-state index in [1.54, 1.807) is 26.4 Å². The molecule has 1 atom stereocenters. The van der Waals surface area contributed by atoms with Crippen molar-refractivity contribution >= 4 is 0 Å². The van der Waals surface area contributed by atoms with Crippen LogP contribution in [0, 0.1) is 5.82 Å². The van der Waals surface area contributed by atoms with Crippen LogP contribution in [0.4, 0.5) is 4.39 Å². The van der Waals surface area contributed by atoms with Gasteiger partial charge in [0.05, 0.1) is 14.2 Å². The predicted octanol–water partition coefficient (Wildman–Crippen LogP) is 3.09. The molecular weight excluding hydrogens is 257 g/mol. The van der Waals surface area contributed by atoms with Crippen LogP contribution in [0.2, 0.25) is 0 Å². The number of methoxy groups -OCH3 is 2. The van der Waals surface area contributed by atoms with E-state index >= 15 is 0 Å². The van der Waals surface area contributed by atoms with Gasteiger partial charge in [0.1, 0.15) is 5.82 Å². The van der Waals surface area contributed by atoms with E-state index in [0.29, 0.717) is 17.9 Å². The number of hydrogen-bond acceptors (Lipinski definition) is 3. The van der Waals surface area contributed by atoms with E-state index in [4.69, 9.17) is 15.2 Å². The molecule has 2 rings (SSSR count). The summed E-state index contributed by atoms with van der Waals surface area (Å²) in [6, 6.07) is 11.8. The summed E-state index contributed by atoms with van der Waals surface area (Å²) in [5.74, 6) is 1.08. The summed E-state index contributed by atoms with van der Waals surface area (Å²) < 4.78 is 23.3. The van der Waals surface area contributed by atoms with Gasteiger partial charge in [-0.25, -0.2) is 4.39 Å². The SMILES string of the molecule is COc1ccc(C(N)Cc2ccc(F)cc2)cc1OC. The van der Waals surface area contributed by atoms with Crippen LogP contribution in [0.5, 0.6) is 11.5 Å². The Labute approximate surface area is 118 Å². The highest BCUT2D eigenvalue weighted by Crippen LogP contribution is 2.30. The number of rotatable bonds is 5. The highest BCUT2D eigenvalue weighted by Gasteiger charge is 2.11. The number of ether oxygens (including phenoxy) is 2. The lowest BCUT2D eigenvalue weighted by Gasteiger charge is -2.15. The first-order chi connectivity index (χ1) is 9.63. The fourth-order valence-corrected chi connectivity index (χ4v) is 2.08. The number of benzene rings is 2. The van der Waals surface area contributed by atoms with Crippen LogP contribution in [0.1, 0.15) is 17.2 Å². The maximum Gasteiger partial charge on any atom is 0.161 e. The Morgan fingerprint density at radius 2 is 1.65 bits per heavy atom. The average Bonchev–Trinajstić information content (AvgIpc) is 2.48. The van der Waals surface area contributed by atoms with Gasteiger partial charge >= 0.3 is 0 Å². The molecule has 0 aliphatic carbocycles. The first-order valence-corrected chi connectivity index (χ1v) is 6.36. The van der Waals surface area contributed by atoms with E-state index < -0.39 is 0 Å². The Morgan fingerprint density at radius 1 is 1.00 bits per heavy atom. The Kier molecular flexibility index (Phi) is 4.58. The predicted molar refractivity (Wildman–Crippen MR) is 76.6 cm³/mol. The molecule has 4 heteroatoms. The molecule has 0 radical (unpaired) electrons. The van der Waals surface area contributed by atoms with Gasteiger partial charge in [0.25, 0.3) is 0 Å². The quantitative estimate of drug-likeness (QED) is 0.912. The zero-order valence-electron chi connectivity index (χ0n) is 11.6. The zero-order valence-corrected chi connectivity index (χ0v) is 11.6. The van der Waals surface area contributed by atoms with E-state index in [1.807, 2.05) is 18.2 Å². The third kappa shape index (κ3) is 3.27. The first-order valence-electron chi connectivity index (χ1n) is 6.36. The van der Waals surface area contributed by atoms with Crippen molar-refractivity contribution in [3.63, 3.8) is 0 Å². The van der Waals surface area contributed by atoms with Crippen LogP contribution in [0.25, 0.3) is 0 Å². The Hall–Kier alpha value is -2.07. The van der Waals surface area contributed by atoms with Crippen LogP contribution in [-0.4, -0.2) is 14.2 Å². The van der Waals surface area contributed by atoms with Crippen molar-refractivity contribution in [1.29, 1.82) is 0 Å². The van der Waals surface area contributed by atoms with Crippen LogP contribution < -0.4 is 15.2 Å². The molecule has 2 N–H and O–H groups in total. The summed E-state index contributed by atoms with van der Waals surface area (Å²) in [6.07, 6.45) is 0.635. The van der Waals surface area contributed by atoms with Gasteiger partial charge in [-0.05, 0) is 41.8 Å². The summed E-state index contributed by atoms with van der Waals surface area (Å²) >= 11 is 0. The van der Waals surface area contributed by atoms with E-state index in [1.165, 1.54) is 12.1 Å². The fourth-order valence-electron chi connectivity index (χ4n) is 2.08.